The summed E-state index contributed by atoms with van der Waals surface area (Å²) in [4.78, 5) is 11.4. The van der Waals surface area contributed by atoms with Gasteiger partial charge >= 0.3 is 0 Å². The van der Waals surface area contributed by atoms with Crippen molar-refractivity contribution in [1.82, 2.24) is 9.97 Å². The van der Waals surface area contributed by atoms with E-state index in [-0.39, 0.29) is 0 Å². The summed E-state index contributed by atoms with van der Waals surface area (Å²) in [6.45, 7) is 0. The van der Waals surface area contributed by atoms with Gasteiger partial charge in [0.15, 0.2) is 0 Å². The molecule has 0 aliphatic carbocycles. The number of rotatable bonds is 4. The Morgan fingerprint density at radius 3 is 1.10 bits per heavy atom. The van der Waals surface area contributed by atoms with Crippen molar-refractivity contribution >= 4 is 54.1 Å². The predicted octanol–water partition coefficient (Wildman–Crippen LogP) is 12.9. The molecule has 0 N–H and O–H groups in total. The van der Waals surface area contributed by atoms with Gasteiger partial charge in [-0.15, -0.1) is 0 Å². The smallest absolute Gasteiger partial charge is 0.0979 e. The lowest BCUT2D eigenvalue weighted by molar-refractivity contribution is 1.30. The van der Waals surface area contributed by atoms with Crippen LogP contribution in [0.25, 0.3) is 98.9 Å². The second-order valence-electron chi connectivity index (χ2n) is 13.0. The monoisotopic (exact) mass is 634 g/mol. The third-order valence-electron chi connectivity index (χ3n) is 10.0. The maximum Gasteiger partial charge on any atom is 0.0979 e. The van der Waals surface area contributed by atoms with Crippen molar-refractivity contribution in [3.8, 4) is 44.8 Å². The van der Waals surface area contributed by atoms with Gasteiger partial charge in [0.2, 0.25) is 0 Å². The molecule has 0 fully saturated rings. The van der Waals surface area contributed by atoms with Crippen LogP contribution in [-0.2, 0) is 0 Å². The summed E-state index contributed by atoms with van der Waals surface area (Å²) >= 11 is 0. The van der Waals surface area contributed by atoms with Crippen LogP contribution in [0, 0.1) is 0 Å². The highest BCUT2D eigenvalue weighted by Gasteiger charge is 2.21. The molecule has 0 bridgehead atoms. The molecular formula is C48H30N2. The van der Waals surface area contributed by atoms with Crippen molar-refractivity contribution in [1.29, 1.82) is 0 Å². The highest BCUT2D eigenvalue weighted by molar-refractivity contribution is 6.11. The van der Waals surface area contributed by atoms with Crippen LogP contribution in [0.4, 0.5) is 0 Å². The van der Waals surface area contributed by atoms with Crippen LogP contribution in [0.1, 0.15) is 0 Å². The second-order valence-corrected chi connectivity index (χ2v) is 13.0. The van der Waals surface area contributed by atoms with Crippen LogP contribution in [0.3, 0.4) is 0 Å². The predicted molar refractivity (Wildman–Crippen MR) is 211 cm³/mol. The Hall–Kier alpha value is -6.64. The number of benzene rings is 9. The van der Waals surface area contributed by atoms with Crippen LogP contribution < -0.4 is 0 Å². The third kappa shape index (κ3) is 4.65. The molecule has 232 valence electrons. The maximum absolute atomic E-state index is 5.70. The molecule has 0 aliphatic heterocycles. The largest absolute Gasteiger partial charge is 0.243 e. The van der Waals surface area contributed by atoms with E-state index in [0.29, 0.717) is 0 Å². The standard InChI is InChI=1S/C48H30N2/c1-3-15-35-29-37(25-23-31(35)11-1)45-46(38-26-24-32-12-2-4-16-36(32)30-38)50-48-44(42-22-10-18-34-14-6-8-20-40(34)42)28-27-43(47(48)49-45)41-21-9-17-33-13-5-7-19-39(33)41/h1-30H. The first-order valence-electron chi connectivity index (χ1n) is 17.1. The zero-order valence-corrected chi connectivity index (χ0v) is 27.2. The Morgan fingerprint density at radius 2 is 0.640 bits per heavy atom. The summed E-state index contributed by atoms with van der Waals surface area (Å²) in [5.74, 6) is 0. The van der Waals surface area contributed by atoms with Gasteiger partial charge in [-0.1, -0.05) is 170 Å². The number of nitrogens with zero attached hydrogens (tertiary/aromatic N) is 2. The van der Waals surface area contributed by atoms with E-state index in [1.165, 1.54) is 43.1 Å². The van der Waals surface area contributed by atoms with Gasteiger partial charge in [0, 0.05) is 22.3 Å². The molecule has 2 nitrogen and oxygen atoms in total. The van der Waals surface area contributed by atoms with Crippen LogP contribution >= 0.6 is 0 Å². The van der Waals surface area contributed by atoms with Crippen molar-refractivity contribution in [2.24, 2.45) is 0 Å². The normalized spacial score (nSPS) is 11.6. The van der Waals surface area contributed by atoms with Crippen LogP contribution in [0.2, 0.25) is 0 Å². The van der Waals surface area contributed by atoms with Gasteiger partial charge in [-0.3, -0.25) is 0 Å². The van der Waals surface area contributed by atoms with Crippen molar-refractivity contribution in [3.05, 3.63) is 182 Å². The molecule has 10 aromatic rings. The van der Waals surface area contributed by atoms with Crippen molar-refractivity contribution in [3.63, 3.8) is 0 Å². The van der Waals surface area contributed by atoms with Crippen molar-refractivity contribution in [2.45, 2.75) is 0 Å². The minimum atomic E-state index is 0.870. The molecule has 2 heteroatoms. The van der Waals surface area contributed by atoms with E-state index >= 15 is 0 Å². The number of aromatic nitrogens is 2. The Bertz CT molecular complexity index is 2730. The quantitative estimate of drug-likeness (QED) is 0.192. The summed E-state index contributed by atoms with van der Waals surface area (Å²) < 4.78 is 0. The summed E-state index contributed by atoms with van der Waals surface area (Å²) in [5, 5.41) is 9.55. The van der Waals surface area contributed by atoms with Gasteiger partial charge in [-0.25, -0.2) is 9.97 Å². The van der Waals surface area contributed by atoms with Crippen LogP contribution in [-0.4, -0.2) is 9.97 Å². The fraction of sp³-hybridized carbons (Fsp3) is 0. The van der Waals surface area contributed by atoms with Crippen LogP contribution in [0.15, 0.2) is 182 Å². The average Bonchev–Trinajstić information content (AvgIpc) is 3.19. The zero-order valence-electron chi connectivity index (χ0n) is 27.2. The molecule has 0 aliphatic rings. The van der Waals surface area contributed by atoms with E-state index in [1.807, 2.05) is 0 Å². The highest BCUT2D eigenvalue weighted by atomic mass is 14.8. The zero-order chi connectivity index (χ0) is 33.0. The minimum Gasteiger partial charge on any atom is -0.243 e. The van der Waals surface area contributed by atoms with Crippen molar-refractivity contribution in [2.75, 3.05) is 0 Å². The van der Waals surface area contributed by atoms with E-state index in [2.05, 4.69) is 182 Å². The Kier molecular flexibility index (Phi) is 6.53. The first kappa shape index (κ1) is 28.4. The molecule has 0 atom stereocenters. The molecule has 0 radical (unpaired) electrons. The molecule has 9 aromatic carbocycles. The average molecular weight is 635 g/mol. The fourth-order valence-corrected chi connectivity index (χ4v) is 7.57. The van der Waals surface area contributed by atoms with E-state index < -0.39 is 0 Å². The van der Waals surface area contributed by atoms with E-state index in [1.54, 1.807) is 0 Å². The molecule has 0 spiro atoms. The third-order valence-corrected chi connectivity index (χ3v) is 10.0. The summed E-state index contributed by atoms with van der Waals surface area (Å²) in [6, 6.07) is 65.0. The van der Waals surface area contributed by atoms with Gasteiger partial charge in [-0.05, 0) is 66.3 Å². The molecule has 50 heavy (non-hydrogen) atoms. The number of hydrogen-bond acceptors (Lipinski definition) is 2. The second kappa shape index (κ2) is 11.5. The van der Waals surface area contributed by atoms with E-state index in [9.17, 15) is 0 Å². The lowest BCUT2D eigenvalue weighted by atomic mass is 9.91. The summed E-state index contributed by atoms with van der Waals surface area (Å²) in [5.41, 5.74) is 10.0. The topological polar surface area (TPSA) is 25.8 Å². The SMILES string of the molecule is c1ccc2cc(-c3nc4c(-c5cccc6ccccc56)ccc(-c5cccc6ccccc56)c4nc3-c3ccc4ccccc4c3)ccc2c1. The Balaban J connectivity index is 1.35. The molecule has 10 rings (SSSR count). The fourth-order valence-electron chi connectivity index (χ4n) is 7.57. The molecular weight excluding hydrogens is 605 g/mol. The Morgan fingerprint density at radius 1 is 0.260 bits per heavy atom. The number of fused-ring (bicyclic) bond motifs is 5. The van der Waals surface area contributed by atoms with Gasteiger partial charge in [0.1, 0.15) is 0 Å². The van der Waals surface area contributed by atoms with Crippen LogP contribution in [0.5, 0.6) is 0 Å². The van der Waals surface area contributed by atoms with E-state index in [0.717, 1.165) is 55.8 Å². The highest BCUT2D eigenvalue weighted by Crippen LogP contribution is 2.42. The lowest BCUT2D eigenvalue weighted by Gasteiger charge is -2.18. The van der Waals surface area contributed by atoms with Gasteiger partial charge in [-0.2, -0.15) is 0 Å². The first-order valence-corrected chi connectivity index (χ1v) is 17.1. The molecule has 1 heterocycles. The molecule has 0 saturated heterocycles. The molecule has 0 amide bonds. The minimum absolute atomic E-state index is 0.870. The molecule has 0 unspecified atom stereocenters. The summed E-state index contributed by atoms with van der Waals surface area (Å²) in [7, 11) is 0. The van der Waals surface area contributed by atoms with Gasteiger partial charge in [0.05, 0.1) is 22.4 Å². The van der Waals surface area contributed by atoms with E-state index in [4.69, 9.17) is 9.97 Å². The summed E-state index contributed by atoms with van der Waals surface area (Å²) in [6.07, 6.45) is 0. The first-order chi connectivity index (χ1) is 24.8. The molecule has 0 saturated carbocycles. The Labute approximate surface area is 290 Å². The van der Waals surface area contributed by atoms with Gasteiger partial charge < -0.3 is 0 Å². The number of hydrogen-bond donors (Lipinski definition) is 0. The van der Waals surface area contributed by atoms with Gasteiger partial charge in [0.25, 0.3) is 0 Å². The van der Waals surface area contributed by atoms with Crippen molar-refractivity contribution < 1.29 is 0 Å². The maximum atomic E-state index is 5.70. The molecule has 1 aromatic heterocycles. The lowest BCUT2D eigenvalue weighted by Crippen LogP contribution is -1.99.